The second kappa shape index (κ2) is 9.78. The summed E-state index contributed by atoms with van der Waals surface area (Å²) in [5, 5.41) is 2.87. The first-order chi connectivity index (χ1) is 11.2. The van der Waals surface area contributed by atoms with Gasteiger partial charge < -0.3 is 5.32 Å². The number of unbranched alkanes of at least 4 members (excludes halogenated alkanes) is 1. The van der Waals surface area contributed by atoms with E-state index < -0.39 is 0 Å². The second-order valence-electron chi connectivity index (χ2n) is 5.24. The molecule has 0 aromatic heterocycles. The van der Waals surface area contributed by atoms with Crippen LogP contribution >= 0.6 is 23.5 Å². The highest BCUT2D eigenvalue weighted by Gasteiger charge is 2.26. The van der Waals surface area contributed by atoms with Crippen LogP contribution in [0.15, 0.2) is 40.3 Å². The standard InChI is InChI=1S/C17H22N2O2S2/c1-2-3-10-22-11-6-9-18-16(20)12-15-17(21)19-13-7-4-5-8-14(13)23-15/h4-5,7-8,12,14H,2-3,6,9-11H2,1H3,(H,18,20)/b15-12-. The summed E-state index contributed by atoms with van der Waals surface area (Å²) in [5.74, 6) is 1.70. The number of amides is 2. The third-order valence-electron chi connectivity index (χ3n) is 3.32. The molecule has 1 heterocycles. The molecule has 2 aliphatic rings. The molecule has 1 aliphatic carbocycles. The third kappa shape index (κ3) is 6.03. The molecule has 0 fully saturated rings. The van der Waals surface area contributed by atoms with Gasteiger partial charge in [-0.1, -0.05) is 31.6 Å². The monoisotopic (exact) mass is 350 g/mol. The first kappa shape index (κ1) is 18.1. The van der Waals surface area contributed by atoms with E-state index in [9.17, 15) is 9.59 Å². The Morgan fingerprint density at radius 2 is 2.22 bits per heavy atom. The minimum atomic E-state index is -0.327. The quantitative estimate of drug-likeness (QED) is 0.540. The van der Waals surface area contributed by atoms with Crippen LogP contribution in [0, 0.1) is 0 Å². The van der Waals surface area contributed by atoms with Crippen LogP contribution in [0.5, 0.6) is 0 Å². The van der Waals surface area contributed by atoms with E-state index in [-0.39, 0.29) is 17.1 Å². The van der Waals surface area contributed by atoms with Crippen molar-refractivity contribution < 1.29 is 9.59 Å². The molecule has 124 valence electrons. The zero-order valence-corrected chi connectivity index (χ0v) is 14.9. The summed E-state index contributed by atoms with van der Waals surface area (Å²) in [6.07, 6.45) is 12.4. The summed E-state index contributed by atoms with van der Waals surface area (Å²) in [5.41, 5.74) is 0.754. The van der Waals surface area contributed by atoms with E-state index >= 15 is 0 Å². The number of aliphatic imine (C=N–C) groups is 1. The highest BCUT2D eigenvalue weighted by atomic mass is 32.2. The van der Waals surface area contributed by atoms with Crippen LogP contribution in [0.1, 0.15) is 26.2 Å². The van der Waals surface area contributed by atoms with Crippen LogP contribution in [0.4, 0.5) is 0 Å². The Hall–Kier alpha value is -1.27. The molecule has 0 saturated heterocycles. The maximum Gasteiger partial charge on any atom is 0.283 e. The fourth-order valence-electron chi connectivity index (χ4n) is 2.07. The van der Waals surface area contributed by atoms with Gasteiger partial charge in [0.25, 0.3) is 5.91 Å². The van der Waals surface area contributed by atoms with Crippen molar-refractivity contribution in [3.63, 3.8) is 0 Å². The number of hydrogen-bond donors (Lipinski definition) is 1. The van der Waals surface area contributed by atoms with Crippen molar-refractivity contribution in [2.45, 2.75) is 31.4 Å². The number of nitrogens with one attached hydrogen (secondary N) is 1. The Labute approximate surface area is 146 Å². The number of allylic oxidation sites excluding steroid dienone is 3. The van der Waals surface area contributed by atoms with Gasteiger partial charge in [-0.2, -0.15) is 11.8 Å². The van der Waals surface area contributed by atoms with Gasteiger partial charge in [-0.05, 0) is 30.4 Å². The van der Waals surface area contributed by atoms with E-state index in [0.717, 1.165) is 17.9 Å². The van der Waals surface area contributed by atoms with E-state index in [1.165, 1.54) is 36.4 Å². The molecule has 0 aromatic carbocycles. The molecule has 0 aromatic rings. The molecular formula is C17H22N2O2S2. The lowest BCUT2D eigenvalue weighted by molar-refractivity contribution is -0.117. The van der Waals surface area contributed by atoms with Gasteiger partial charge >= 0.3 is 0 Å². The maximum absolute atomic E-state index is 11.9. The van der Waals surface area contributed by atoms with Crippen LogP contribution in [-0.4, -0.2) is 40.8 Å². The van der Waals surface area contributed by atoms with Crippen LogP contribution in [0.3, 0.4) is 0 Å². The van der Waals surface area contributed by atoms with Gasteiger partial charge in [0.1, 0.15) is 0 Å². The molecule has 0 radical (unpaired) electrons. The zero-order valence-electron chi connectivity index (χ0n) is 13.3. The smallest absolute Gasteiger partial charge is 0.283 e. The molecular weight excluding hydrogens is 328 g/mol. The second-order valence-corrected chi connectivity index (χ2v) is 7.65. The predicted octanol–water partition coefficient (Wildman–Crippen LogP) is 3.12. The van der Waals surface area contributed by atoms with Crippen LogP contribution < -0.4 is 5.32 Å². The molecule has 0 saturated carbocycles. The molecule has 1 aliphatic heterocycles. The Balaban J connectivity index is 1.74. The third-order valence-corrected chi connectivity index (χ3v) is 5.67. The van der Waals surface area contributed by atoms with Crippen LogP contribution in [0.25, 0.3) is 0 Å². The van der Waals surface area contributed by atoms with Crippen molar-refractivity contribution in [3.05, 3.63) is 35.3 Å². The summed E-state index contributed by atoms with van der Waals surface area (Å²) in [4.78, 5) is 28.3. The summed E-state index contributed by atoms with van der Waals surface area (Å²) in [6.45, 7) is 2.83. The summed E-state index contributed by atoms with van der Waals surface area (Å²) < 4.78 is 0. The Bertz CT molecular complexity index is 565. The van der Waals surface area contributed by atoms with Gasteiger partial charge in [0, 0.05) is 12.6 Å². The minimum absolute atomic E-state index is 0.0340. The number of rotatable bonds is 8. The molecule has 1 atom stereocenters. The molecule has 1 unspecified atom stereocenters. The number of carbonyl (C=O) groups excluding carboxylic acids is 2. The molecule has 6 heteroatoms. The van der Waals surface area contributed by atoms with Gasteiger partial charge in [-0.3, -0.25) is 9.59 Å². The van der Waals surface area contributed by atoms with Crippen molar-refractivity contribution in [2.75, 3.05) is 18.1 Å². The first-order valence-electron chi connectivity index (χ1n) is 7.92. The van der Waals surface area contributed by atoms with E-state index in [1.54, 1.807) is 0 Å². The van der Waals surface area contributed by atoms with Crippen molar-refractivity contribution in [3.8, 4) is 0 Å². The molecule has 0 bridgehead atoms. The summed E-state index contributed by atoms with van der Waals surface area (Å²) in [7, 11) is 0. The van der Waals surface area contributed by atoms with Crippen molar-refractivity contribution in [1.29, 1.82) is 0 Å². The van der Waals surface area contributed by atoms with Crippen molar-refractivity contribution in [1.82, 2.24) is 5.32 Å². The molecule has 1 N–H and O–H groups in total. The highest BCUT2D eigenvalue weighted by molar-refractivity contribution is 8.05. The molecule has 4 nitrogen and oxygen atoms in total. The van der Waals surface area contributed by atoms with Crippen LogP contribution in [0.2, 0.25) is 0 Å². The molecule has 23 heavy (non-hydrogen) atoms. The number of thioether (sulfide) groups is 2. The normalized spacial score (nSPS) is 21.3. The number of hydrogen-bond acceptors (Lipinski definition) is 4. The Kier molecular flexibility index (Phi) is 7.68. The van der Waals surface area contributed by atoms with Gasteiger partial charge in [0.15, 0.2) is 0 Å². The van der Waals surface area contributed by atoms with Crippen LogP contribution in [-0.2, 0) is 9.59 Å². The fraction of sp³-hybridized carbons (Fsp3) is 0.471. The first-order valence-corrected chi connectivity index (χ1v) is 9.96. The van der Waals surface area contributed by atoms with Gasteiger partial charge in [0.2, 0.25) is 5.91 Å². The Morgan fingerprint density at radius 3 is 3.04 bits per heavy atom. The van der Waals surface area contributed by atoms with Gasteiger partial charge in [-0.15, -0.1) is 11.8 Å². The van der Waals surface area contributed by atoms with E-state index in [4.69, 9.17) is 0 Å². The summed E-state index contributed by atoms with van der Waals surface area (Å²) >= 11 is 3.30. The SMILES string of the molecule is CCCCSCCCNC(=O)/C=C1\SC2C=CC=CC2=NC1=O. The molecule has 2 rings (SSSR count). The number of nitrogens with zero attached hydrogens (tertiary/aromatic N) is 1. The molecule has 2 amide bonds. The number of carbonyl (C=O) groups is 2. The zero-order chi connectivity index (χ0) is 16.5. The fourth-order valence-corrected chi connectivity index (χ4v) is 4.13. The lowest BCUT2D eigenvalue weighted by Crippen LogP contribution is -2.26. The van der Waals surface area contributed by atoms with Gasteiger partial charge in [-0.25, -0.2) is 4.99 Å². The van der Waals surface area contributed by atoms with Gasteiger partial charge in [0.05, 0.1) is 15.9 Å². The topological polar surface area (TPSA) is 58.5 Å². The van der Waals surface area contributed by atoms with E-state index in [2.05, 4.69) is 17.2 Å². The number of fused-ring (bicyclic) bond motifs is 1. The average molecular weight is 351 g/mol. The van der Waals surface area contributed by atoms with Crippen molar-refractivity contribution >= 4 is 41.0 Å². The largest absolute Gasteiger partial charge is 0.352 e. The van der Waals surface area contributed by atoms with E-state index in [0.29, 0.717) is 11.4 Å². The predicted molar refractivity (Wildman–Crippen MR) is 100 cm³/mol. The lowest BCUT2D eigenvalue weighted by Gasteiger charge is -2.20. The lowest BCUT2D eigenvalue weighted by atomic mass is 10.1. The maximum atomic E-state index is 11.9. The van der Waals surface area contributed by atoms with Crippen molar-refractivity contribution in [2.24, 2.45) is 4.99 Å². The van der Waals surface area contributed by atoms with E-state index in [1.807, 2.05) is 36.1 Å². The summed E-state index contributed by atoms with van der Waals surface area (Å²) in [6, 6.07) is 0. The minimum Gasteiger partial charge on any atom is -0.352 e. The highest BCUT2D eigenvalue weighted by Crippen LogP contribution is 2.31. The molecule has 0 spiro atoms. The average Bonchev–Trinajstić information content (AvgIpc) is 2.55. The Morgan fingerprint density at radius 1 is 1.39 bits per heavy atom.